The second-order valence-corrected chi connectivity index (χ2v) is 10.3. The number of methoxy groups -OCH3 is 1. The maximum Gasteiger partial charge on any atom is 0.496 e. The van der Waals surface area contributed by atoms with Crippen LogP contribution in [-0.4, -0.2) is 45.1 Å². The number of benzene rings is 2. The lowest BCUT2D eigenvalue weighted by molar-refractivity contribution is 0.00578. The van der Waals surface area contributed by atoms with E-state index >= 15 is 4.39 Å². The van der Waals surface area contributed by atoms with E-state index in [1.165, 1.54) is 0 Å². The summed E-state index contributed by atoms with van der Waals surface area (Å²) >= 11 is 6.59. The van der Waals surface area contributed by atoms with Crippen LogP contribution in [0.1, 0.15) is 38.8 Å². The van der Waals surface area contributed by atoms with Gasteiger partial charge >= 0.3 is 7.12 Å². The zero-order chi connectivity index (χ0) is 22.9. The predicted molar refractivity (Wildman–Crippen MR) is 126 cm³/mol. The summed E-state index contributed by atoms with van der Waals surface area (Å²) in [4.78, 5) is 2.31. The van der Waals surface area contributed by atoms with Crippen LogP contribution >= 0.6 is 11.6 Å². The minimum Gasteiger partial charge on any atom is -0.497 e. The normalized spacial score (nSPS) is 25.6. The number of piperazine rings is 1. The van der Waals surface area contributed by atoms with Crippen LogP contribution in [0.2, 0.25) is 5.02 Å². The zero-order valence-corrected chi connectivity index (χ0v) is 20.0. The molecule has 0 spiro atoms. The van der Waals surface area contributed by atoms with Gasteiger partial charge in [-0.05, 0) is 57.0 Å². The van der Waals surface area contributed by atoms with E-state index in [0.29, 0.717) is 11.9 Å². The summed E-state index contributed by atoms with van der Waals surface area (Å²) < 4.78 is 33.3. The third-order valence-electron chi connectivity index (χ3n) is 7.65. The highest BCUT2D eigenvalue weighted by Crippen LogP contribution is 2.48. The molecule has 2 fully saturated rings. The lowest BCUT2D eigenvalue weighted by Crippen LogP contribution is -2.58. The van der Waals surface area contributed by atoms with Crippen molar-refractivity contribution < 1.29 is 18.4 Å². The number of nitrogens with zero attached hydrogens (tertiary/aromatic N) is 1. The van der Waals surface area contributed by atoms with E-state index in [1.807, 2.05) is 39.8 Å². The van der Waals surface area contributed by atoms with E-state index in [2.05, 4.69) is 22.3 Å². The standard InChI is InChI=1S/C24H29BClFN2O3/c1-22(2)23(3,4)32-25(31-22)20-17-13-24(15-7-6-8-16(11-15)30-5)14-28-9-10-29(24)19(17)12-18(27)21(20)26/h6-8,11-12,28H,9-10,13-14H2,1-5H3. The molecule has 0 amide bonds. The summed E-state index contributed by atoms with van der Waals surface area (Å²) in [7, 11) is 0.941. The highest BCUT2D eigenvalue weighted by molar-refractivity contribution is 6.66. The highest BCUT2D eigenvalue weighted by Gasteiger charge is 2.55. The molecule has 0 bridgehead atoms. The van der Waals surface area contributed by atoms with Crippen LogP contribution in [0.5, 0.6) is 5.75 Å². The number of hydrogen-bond donors (Lipinski definition) is 1. The lowest BCUT2D eigenvalue weighted by Gasteiger charge is -2.45. The Morgan fingerprint density at radius 2 is 1.88 bits per heavy atom. The van der Waals surface area contributed by atoms with E-state index in [9.17, 15) is 0 Å². The molecule has 2 aromatic rings. The number of rotatable bonds is 3. The number of nitrogens with one attached hydrogen (secondary N) is 1. The molecule has 2 saturated heterocycles. The van der Waals surface area contributed by atoms with Crippen molar-refractivity contribution in [3.63, 3.8) is 0 Å². The molecule has 170 valence electrons. The molecular weight excluding hydrogens is 430 g/mol. The number of ether oxygens (including phenoxy) is 1. The second kappa shape index (κ2) is 7.35. The Balaban J connectivity index is 1.66. The van der Waals surface area contributed by atoms with Gasteiger partial charge in [0.25, 0.3) is 0 Å². The fourth-order valence-corrected chi connectivity index (χ4v) is 5.43. The second-order valence-electron chi connectivity index (χ2n) is 9.94. The van der Waals surface area contributed by atoms with Gasteiger partial charge in [-0.15, -0.1) is 0 Å². The van der Waals surface area contributed by atoms with E-state index in [0.717, 1.165) is 42.2 Å². The molecule has 0 aliphatic carbocycles. The molecule has 8 heteroatoms. The first-order valence-corrected chi connectivity index (χ1v) is 11.5. The Kier molecular flexibility index (Phi) is 5.06. The minimum atomic E-state index is -0.728. The minimum absolute atomic E-state index is 0.0795. The zero-order valence-electron chi connectivity index (χ0n) is 19.2. The van der Waals surface area contributed by atoms with Crippen LogP contribution in [0.4, 0.5) is 10.1 Å². The van der Waals surface area contributed by atoms with E-state index in [-0.39, 0.29) is 10.6 Å². The molecule has 5 rings (SSSR count). The van der Waals surface area contributed by atoms with Crippen molar-refractivity contribution in [1.29, 1.82) is 0 Å². The van der Waals surface area contributed by atoms with Crippen molar-refractivity contribution in [2.24, 2.45) is 0 Å². The molecule has 3 heterocycles. The Morgan fingerprint density at radius 3 is 2.56 bits per heavy atom. The molecule has 3 aliphatic rings. The molecule has 3 aliphatic heterocycles. The van der Waals surface area contributed by atoms with Crippen molar-refractivity contribution >= 4 is 29.9 Å². The Morgan fingerprint density at radius 1 is 1.16 bits per heavy atom. The smallest absolute Gasteiger partial charge is 0.496 e. The van der Waals surface area contributed by atoms with E-state index in [4.69, 9.17) is 25.6 Å². The van der Waals surface area contributed by atoms with Gasteiger partial charge in [0.1, 0.15) is 11.6 Å². The van der Waals surface area contributed by atoms with Crippen molar-refractivity contribution in [3.05, 3.63) is 52.3 Å². The maximum absolute atomic E-state index is 15.2. The number of anilines is 1. The summed E-state index contributed by atoms with van der Waals surface area (Å²) in [6.45, 7) is 10.3. The van der Waals surface area contributed by atoms with Crippen LogP contribution < -0.4 is 20.4 Å². The molecule has 1 unspecified atom stereocenters. The van der Waals surface area contributed by atoms with Crippen LogP contribution in [0.3, 0.4) is 0 Å². The molecule has 32 heavy (non-hydrogen) atoms. The summed E-state index contributed by atoms with van der Waals surface area (Å²) in [5.41, 5.74) is 2.12. The molecule has 1 atom stereocenters. The molecule has 0 aromatic heterocycles. The van der Waals surface area contributed by atoms with Gasteiger partial charge in [-0.3, -0.25) is 0 Å². The number of halogens is 2. The monoisotopic (exact) mass is 458 g/mol. The topological polar surface area (TPSA) is 43.0 Å². The molecule has 0 radical (unpaired) electrons. The average molecular weight is 459 g/mol. The summed E-state index contributed by atoms with van der Waals surface area (Å²) in [5.74, 6) is 0.351. The molecular formula is C24H29BClFN2O3. The molecule has 0 saturated carbocycles. The van der Waals surface area contributed by atoms with Gasteiger partial charge < -0.3 is 24.3 Å². The summed E-state index contributed by atoms with van der Waals surface area (Å²) in [6, 6.07) is 9.69. The van der Waals surface area contributed by atoms with Crippen LogP contribution in [0, 0.1) is 5.82 Å². The first kappa shape index (κ1) is 22.0. The largest absolute Gasteiger partial charge is 0.497 e. The van der Waals surface area contributed by atoms with Crippen LogP contribution in [0.25, 0.3) is 0 Å². The van der Waals surface area contributed by atoms with Gasteiger partial charge in [0.15, 0.2) is 0 Å². The predicted octanol–water partition coefficient (Wildman–Crippen LogP) is 3.65. The average Bonchev–Trinajstić information content (AvgIpc) is 3.19. The van der Waals surface area contributed by atoms with Crippen LogP contribution in [-0.2, 0) is 21.3 Å². The third kappa shape index (κ3) is 3.09. The van der Waals surface area contributed by atoms with E-state index < -0.39 is 24.1 Å². The highest BCUT2D eigenvalue weighted by atomic mass is 35.5. The number of fused-ring (bicyclic) bond motifs is 3. The summed E-state index contributed by atoms with van der Waals surface area (Å²) in [5, 5.41) is 3.62. The summed E-state index contributed by atoms with van der Waals surface area (Å²) in [6.07, 6.45) is 0.669. The molecule has 2 aromatic carbocycles. The van der Waals surface area contributed by atoms with Gasteiger partial charge in [0.05, 0.1) is 28.9 Å². The fraction of sp³-hybridized carbons (Fsp3) is 0.500. The van der Waals surface area contributed by atoms with Gasteiger partial charge in [0, 0.05) is 37.2 Å². The van der Waals surface area contributed by atoms with E-state index in [1.54, 1.807) is 13.2 Å². The van der Waals surface area contributed by atoms with Gasteiger partial charge in [-0.25, -0.2) is 4.39 Å². The third-order valence-corrected chi connectivity index (χ3v) is 8.03. The van der Waals surface area contributed by atoms with Gasteiger partial charge in [-0.1, -0.05) is 23.7 Å². The Labute approximate surface area is 194 Å². The number of hydrogen-bond acceptors (Lipinski definition) is 5. The Bertz CT molecular complexity index is 1060. The Hall–Kier alpha value is -1.80. The first-order chi connectivity index (χ1) is 15.1. The van der Waals surface area contributed by atoms with Crippen LogP contribution in [0.15, 0.2) is 30.3 Å². The van der Waals surface area contributed by atoms with Crippen molar-refractivity contribution in [3.8, 4) is 5.75 Å². The van der Waals surface area contributed by atoms with Crippen molar-refractivity contribution in [2.75, 3.05) is 31.6 Å². The van der Waals surface area contributed by atoms with Crippen molar-refractivity contribution in [1.82, 2.24) is 5.32 Å². The lowest BCUT2D eigenvalue weighted by atomic mass is 9.73. The quantitative estimate of drug-likeness (QED) is 0.711. The maximum atomic E-state index is 15.2. The van der Waals surface area contributed by atoms with Gasteiger partial charge in [0.2, 0.25) is 0 Å². The van der Waals surface area contributed by atoms with Gasteiger partial charge in [-0.2, -0.15) is 0 Å². The van der Waals surface area contributed by atoms with Crippen molar-refractivity contribution in [2.45, 2.75) is 50.9 Å². The molecule has 5 nitrogen and oxygen atoms in total. The fourth-order valence-electron chi connectivity index (χ4n) is 5.17. The first-order valence-electron chi connectivity index (χ1n) is 11.1. The molecule has 1 N–H and O–H groups in total. The SMILES string of the molecule is COc1cccc(C23CNCCN2c2cc(F)c(Cl)c(B4OC(C)(C)C(C)(C)O4)c2C3)c1.